The lowest BCUT2D eigenvalue weighted by atomic mass is 10.2. The van der Waals surface area contributed by atoms with Crippen LogP contribution in [-0.4, -0.2) is 30.0 Å². The van der Waals surface area contributed by atoms with Gasteiger partial charge in [-0.05, 0) is 31.0 Å². The largest absolute Gasteiger partial charge is 0.330 e. The standard InChI is InChI=1S/C14H20N2OS/c1-11(6-8-15)18-10-14(17)16-9-7-12-4-2-3-5-13(12)16/h2-5,11H,6-10,15H2,1H3. The molecule has 1 aromatic carbocycles. The Morgan fingerprint density at radius 1 is 1.50 bits per heavy atom. The average molecular weight is 264 g/mol. The molecule has 4 heteroatoms. The van der Waals surface area contributed by atoms with E-state index in [4.69, 9.17) is 5.73 Å². The minimum Gasteiger partial charge on any atom is -0.330 e. The SMILES string of the molecule is CC(CCN)SCC(=O)N1CCc2ccccc21. The zero-order valence-electron chi connectivity index (χ0n) is 10.8. The third kappa shape index (κ3) is 3.06. The number of nitrogens with zero attached hydrogens (tertiary/aromatic N) is 1. The predicted molar refractivity (Wildman–Crippen MR) is 78.1 cm³/mol. The first-order valence-corrected chi connectivity index (χ1v) is 7.47. The minimum absolute atomic E-state index is 0.217. The Bertz CT molecular complexity index is 422. The van der Waals surface area contributed by atoms with Crippen LogP contribution in [0.2, 0.25) is 0 Å². The van der Waals surface area contributed by atoms with Crippen molar-refractivity contribution in [3.05, 3.63) is 29.8 Å². The summed E-state index contributed by atoms with van der Waals surface area (Å²) >= 11 is 1.70. The van der Waals surface area contributed by atoms with Crippen LogP contribution in [0.1, 0.15) is 18.9 Å². The van der Waals surface area contributed by atoms with Gasteiger partial charge in [-0.2, -0.15) is 0 Å². The number of fused-ring (bicyclic) bond motifs is 1. The van der Waals surface area contributed by atoms with Gasteiger partial charge in [0.15, 0.2) is 0 Å². The van der Waals surface area contributed by atoms with Gasteiger partial charge in [0.25, 0.3) is 0 Å². The van der Waals surface area contributed by atoms with Crippen LogP contribution in [0.15, 0.2) is 24.3 Å². The number of carbonyl (C=O) groups is 1. The van der Waals surface area contributed by atoms with Crippen LogP contribution in [-0.2, 0) is 11.2 Å². The quantitative estimate of drug-likeness (QED) is 0.885. The molecule has 0 spiro atoms. The van der Waals surface area contributed by atoms with Crippen molar-refractivity contribution in [3.8, 4) is 0 Å². The second-order valence-electron chi connectivity index (χ2n) is 4.62. The molecule has 0 saturated heterocycles. The maximum absolute atomic E-state index is 12.2. The van der Waals surface area contributed by atoms with E-state index < -0.39 is 0 Å². The predicted octanol–water partition coefficient (Wildman–Crippen LogP) is 2.05. The molecule has 1 atom stereocenters. The van der Waals surface area contributed by atoms with Gasteiger partial charge in [0.2, 0.25) is 5.91 Å². The molecule has 98 valence electrons. The van der Waals surface area contributed by atoms with Gasteiger partial charge in [-0.15, -0.1) is 11.8 Å². The monoisotopic (exact) mass is 264 g/mol. The molecule has 0 saturated carbocycles. The molecule has 0 radical (unpaired) electrons. The van der Waals surface area contributed by atoms with Gasteiger partial charge in [-0.1, -0.05) is 25.1 Å². The highest BCUT2D eigenvalue weighted by Gasteiger charge is 2.24. The van der Waals surface area contributed by atoms with Crippen LogP contribution in [0.4, 0.5) is 5.69 Å². The lowest BCUT2D eigenvalue weighted by molar-refractivity contribution is -0.116. The fraction of sp³-hybridized carbons (Fsp3) is 0.500. The van der Waals surface area contributed by atoms with Crippen LogP contribution >= 0.6 is 11.8 Å². The lowest BCUT2D eigenvalue weighted by Gasteiger charge is -2.18. The smallest absolute Gasteiger partial charge is 0.237 e. The summed E-state index contributed by atoms with van der Waals surface area (Å²) in [6.07, 6.45) is 1.94. The van der Waals surface area contributed by atoms with Crippen molar-refractivity contribution in [1.82, 2.24) is 0 Å². The number of carbonyl (C=O) groups excluding carboxylic acids is 1. The molecule has 1 aliphatic rings. The Morgan fingerprint density at radius 3 is 3.06 bits per heavy atom. The van der Waals surface area contributed by atoms with Crippen molar-refractivity contribution in [3.63, 3.8) is 0 Å². The topological polar surface area (TPSA) is 46.3 Å². The summed E-state index contributed by atoms with van der Waals surface area (Å²) in [6.45, 7) is 3.64. The maximum Gasteiger partial charge on any atom is 0.237 e. The number of para-hydroxylation sites is 1. The Labute approximate surface area is 113 Å². The summed E-state index contributed by atoms with van der Waals surface area (Å²) in [6, 6.07) is 8.17. The second kappa shape index (κ2) is 6.25. The molecule has 1 aromatic rings. The third-order valence-corrected chi connectivity index (χ3v) is 4.47. The molecule has 3 nitrogen and oxygen atoms in total. The first kappa shape index (κ1) is 13.4. The van der Waals surface area contributed by atoms with Crippen molar-refractivity contribution in [2.45, 2.75) is 25.0 Å². The van der Waals surface area contributed by atoms with Crippen molar-refractivity contribution in [2.24, 2.45) is 5.73 Å². The van der Waals surface area contributed by atoms with E-state index in [2.05, 4.69) is 13.0 Å². The van der Waals surface area contributed by atoms with Crippen LogP contribution in [0.25, 0.3) is 0 Å². The summed E-state index contributed by atoms with van der Waals surface area (Å²) < 4.78 is 0. The number of benzene rings is 1. The summed E-state index contributed by atoms with van der Waals surface area (Å²) in [4.78, 5) is 14.1. The molecule has 0 fully saturated rings. The summed E-state index contributed by atoms with van der Waals surface area (Å²) in [7, 11) is 0. The number of rotatable bonds is 5. The van der Waals surface area contributed by atoms with E-state index in [1.165, 1.54) is 5.56 Å². The molecule has 0 aromatic heterocycles. The highest BCUT2D eigenvalue weighted by molar-refractivity contribution is 8.00. The second-order valence-corrected chi connectivity index (χ2v) is 6.05. The number of anilines is 1. The zero-order valence-corrected chi connectivity index (χ0v) is 11.6. The molecule has 18 heavy (non-hydrogen) atoms. The van der Waals surface area contributed by atoms with Gasteiger partial charge in [-0.25, -0.2) is 0 Å². The Hall–Kier alpha value is -1.00. The van der Waals surface area contributed by atoms with Gasteiger partial charge < -0.3 is 10.6 Å². The molecule has 1 amide bonds. The molecular formula is C14H20N2OS. The van der Waals surface area contributed by atoms with E-state index in [0.29, 0.717) is 17.5 Å². The Morgan fingerprint density at radius 2 is 2.28 bits per heavy atom. The number of hydrogen-bond donors (Lipinski definition) is 1. The van der Waals surface area contributed by atoms with Crippen LogP contribution in [0, 0.1) is 0 Å². The summed E-state index contributed by atoms with van der Waals surface area (Å²) in [5, 5.41) is 0.455. The van der Waals surface area contributed by atoms with Crippen LogP contribution in [0.3, 0.4) is 0 Å². The first-order chi connectivity index (χ1) is 8.72. The van der Waals surface area contributed by atoms with Crippen molar-refractivity contribution in [1.29, 1.82) is 0 Å². The Kier molecular flexibility index (Phi) is 4.66. The third-order valence-electron chi connectivity index (χ3n) is 3.25. The van der Waals surface area contributed by atoms with E-state index in [-0.39, 0.29) is 5.91 Å². The van der Waals surface area contributed by atoms with E-state index in [9.17, 15) is 4.79 Å². The highest BCUT2D eigenvalue weighted by Crippen LogP contribution is 2.28. The first-order valence-electron chi connectivity index (χ1n) is 6.42. The normalized spacial score (nSPS) is 15.6. The van der Waals surface area contributed by atoms with Crippen molar-refractivity contribution >= 4 is 23.4 Å². The summed E-state index contributed by atoms with van der Waals surface area (Å²) in [5.74, 6) is 0.768. The fourth-order valence-electron chi connectivity index (χ4n) is 2.21. The highest BCUT2D eigenvalue weighted by atomic mass is 32.2. The number of nitrogens with two attached hydrogens (primary N) is 1. The van der Waals surface area contributed by atoms with Gasteiger partial charge in [0, 0.05) is 17.5 Å². The minimum atomic E-state index is 0.217. The summed E-state index contributed by atoms with van der Waals surface area (Å²) in [5.41, 5.74) is 7.89. The van der Waals surface area contributed by atoms with Gasteiger partial charge in [0.1, 0.15) is 0 Å². The van der Waals surface area contributed by atoms with E-state index >= 15 is 0 Å². The average Bonchev–Trinajstić information content (AvgIpc) is 2.80. The van der Waals surface area contributed by atoms with Crippen LogP contribution < -0.4 is 10.6 Å². The fourth-order valence-corrected chi connectivity index (χ4v) is 3.09. The van der Waals surface area contributed by atoms with Gasteiger partial charge in [-0.3, -0.25) is 4.79 Å². The molecule has 2 rings (SSSR count). The number of amides is 1. The molecule has 0 bridgehead atoms. The molecule has 1 heterocycles. The maximum atomic E-state index is 12.2. The zero-order chi connectivity index (χ0) is 13.0. The number of hydrogen-bond acceptors (Lipinski definition) is 3. The molecule has 1 aliphatic heterocycles. The molecule has 0 aliphatic carbocycles. The van der Waals surface area contributed by atoms with E-state index in [1.54, 1.807) is 11.8 Å². The van der Waals surface area contributed by atoms with Gasteiger partial charge in [0.05, 0.1) is 5.75 Å². The van der Waals surface area contributed by atoms with Gasteiger partial charge >= 0.3 is 0 Å². The van der Waals surface area contributed by atoms with Crippen LogP contribution in [0.5, 0.6) is 0 Å². The molecule has 1 unspecified atom stereocenters. The Balaban J connectivity index is 1.91. The lowest BCUT2D eigenvalue weighted by Crippen LogP contribution is -2.31. The molecule has 2 N–H and O–H groups in total. The van der Waals surface area contributed by atoms with Crippen molar-refractivity contribution < 1.29 is 4.79 Å². The van der Waals surface area contributed by atoms with E-state index in [0.717, 1.165) is 25.1 Å². The molecular weight excluding hydrogens is 244 g/mol. The van der Waals surface area contributed by atoms with Crippen molar-refractivity contribution in [2.75, 3.05) is 23.7 Å². The number of thioether (sulfide) groups is 1. The van der Waals surface area contributed by atoms with E-state index in [1.807, 2.05) is 23.1 Å².